The van der Waals surface area contributed by atoms with Crippen molar-refractivity contribution in [3.05, 3.63) is 17.8 Å². The molecule has 0 N–H and O–H groups in total. The number of hydrogen-bond acceptors (Lipinski definition) is 6. The Kier molecular flexibility index (Phi) is 5.83. The molecule has 2 aliphatic rings. The Balaban J connectivity index is 1.72. The van der Waals surface area contributed by atoms with E-state index in [1.54, 1.807) is 6.07 Å². The van der Waals surface area contributed by atoms with Gasteiger partial charge in [-0.3, -0.25) is 0 Å². The van der Waals surface area contributed by atoms with Gasteiger partial charge in [0.15, 0.2) is 11.5 Å². The van der Waals surface area contributed by atoms with Crippen molar-refractivity contribution in [3.63, 3.8) is 0 Å². The van der Waals surface area contributed by atoms with Crippen LogP contribution < -0.4 is 4.90 Å². The molecule has 1 saturated carbocycles. The molecule has 2 heterocycles. The maximum atomic E-state index is 12.9. The number of amides is 1. The first-order valence-corrected chi connectivity index (χ1v) is 9.84. The first-order chi connectivity index (χ1) is 12.9. The van der Waals surface area contributed by atoms with E-state index in [9.17, 15) is 4.79 Å². The molecule has 0 spiro atoms. The van der Waals surface area contributed by atoms with Crippen molar-refractivity contribution in [1.29, 1.82) is 5.26 Å². The summed E-state index contributed by atoms with van der Waals surface area (Å²) in [6, 6.07) is 5.61. The number of nitrogens with zero attached hydrogens (tertiary/aromatic N) is 5. The molecular formula is C20H29N5O2. The molecule has 0 aromatic carbocycles. The first kappa shape index (κ1) is 19.4. The number of anilines is 1. The van der Waals surface area contributed by atoms with Crippen LogP contribution in [0.25, 0.3) is 0 Å². The molecule has 0 bridgehead atoms. The van der Waals surface area contributed by atoms with Crippen molar-refractivity contribution in [1.82, 2.24) is 15.1 Å². The van der Waals surface area contributed by atoms with Crippen molar-refractivity contribution in [2.24, 2.45) is 5.92 Å². The highest BCUT2D eigenvalue weighted by Gasteiger charge is 2.34. The minimum Gasteiger partial charge on any atom is -0.444 e. The molecule has 3 rings (SSSR count). The molecule has 1 aromatic heterocycles. The van der Waals surface area contributed by atoms with Crippen LogP contribution in [0.1, 0.15) is 58.6 Å². The smallest absolute Gasteiger partial charge is 0.410 e. The highest BCUT2D eigenvalue weighted by atomic mass is 16.6. The van der Waals surface area contributed by atoms with Crippen LogP contribution in [0, 0.1) is 17.2 Å². The van der Waals surface area contributed by atoms with Gasteiger partial charge < -0.3 is 14.5 Å². The Morgan fingerprint density at radius 3 is 2.63 bits per heavy atom. The van der Waals surface area contributed by atoms with Crippen molar-refractivity contribution in [2.75, 3.05) is 24.5 Å². The normalized spacial score (nSPS) is 20.5. The summed E-state index contributed by atoms with van der Waals surface area (Å²) in [5.41, 5.74) is -0.185. The van der Waals surface area contributed by atoms with Crippen LogP contribution in [0.2, 0.25) is 0 Å². The zero-order valence-electron chi connectivity index (χ0n) is 16.5. The first-order valence-electron chi connectivity index (χ1n) is 9.84. The fourth-order valence-corrected chi connectivity index (χ4v) is 3.62. The molecular weight excluding hydrogens is 342 g/mol. The summed E-state index contributed by atoms with van der Waals surface area (Å²) in [5, 5.41) is 17.0. The summed E-state index contributed by atoms with van der Waals surface area (Å²) in [6.45, 7) is 8.09. The van der Waals surface area contributed by atoms with Crippen molar-refractivity contribution >= 4 is 11.9 Å². The lowest BCUT2D eigenvalue weighted by atomic mass is 9.84. The van der Waals surface area contributed by atoms with E-state index in [1.807, 2.05) is 37.8 Å². The van der Waals surface area contributed by atoms with E-state index in [4.69, 9.17) is 10.00 Å². The standard InChI is InChI=1S/C20H29N5O2/c1-20(2,3)27-19(26)25(13-15-6-4-7-15)17-8-5-11-24(14-17)18-10-9-16(12-21)22-23-18/h9-10,15,17H,4-8,11,13-14H2,1-3H3/t17-/m1/s1. The second-order valence-electron chi connectivity index (χ2n) is 8.56. The fourth-order valence-electron chi connectivity index (χ4n) is 3.62. The average molecular weight is 371 g/mol. The largest absolute Gasteiger partial charge is 0.444 e. The lowest BCUT2D eigenvalue weighted by molar-refractivity contribution is 0.00733. The topological polar surface area (TPSA) is 82.4 Å². The summed E-state index contributed by atoms with van der Waals surface area (Å²) in [7, 11) is 0. The SMILES string of the molecule is CC(C)(C)OC(=O)N(CC1CCC1)[C@@H]1CCCN(c2ccc(C#N)nn2)C1. The second kappa shape index (κ2) is 8.12. The maximum absolute atomic E-state index is 12.9. The molecule has 1 aromatic rings. The summed E-state index contributed by atoms with van der Waals surface area (Å²) in [5.74, 6) is 1.34. The summed E-state index contributed by atoms with van der Waals surface area (Å²) in [4.78, 5) is 17.0. The lowest BCUT2D eigenvalue weighted by Crippen LogP contribution is -2.53. The minimum absolute atomic E-state index is 0.103. The number of piperidine rings is 1. The van der Waals surface area contributed by atoms with Gasteiger partial charge in [-0.1, -0.05) is 6.42 Å². The van der Waals surface area contributed by atoms with Gasteiger partial charge >= 0.3 is 6.09 Å². The molecule has 7 nitrogen and oxygen atoms in total. The third kappa shape index (κ3) is 5.09. The van der Waals surface area contributed by atoms with E-state index in [0.29, 0.717) is 18.2 Å². The lowest BCUT2D eigenvalue weighted by Gasteiger charge is -2.42. The molecule has 1 saturated heterocycles. The van der Waals surface area contributed by atoms with E-state index in [2.05, 4.69) is 15.1 Å². The number of carbonyl (C=O) groups is 1. The highest BCUT2D eigenvalue weighted by molar-refractivity contribution is 5.68. The molecule has 1 aliphatic heterocycles. The summed E-state index contributed by atoms with van der Waals surface area (Å²) in [6.07, 6.45) is 5.37. The van der Waals surface area contributed by atoms with Gasteiger partial charge in [0.1, 0.15) is 11.7 Å². The molecule has 1 amide bonds. The number of hydrogen-bond donors (Lipinski definition) is 0. The average Bonchev–Trinajstić information content (AvgIpc) is 2.59. The van der Waals surface area contributed by atoms with Gasteiger partial charge in [-0.2, -0.15) is 5.26 Å². The molecule has 0 unspecified atom stereocenters. The molecule has 27 heavy (non-hydrogen) atoms. The number of rotatable bonds is 4. The van der Waals surface area contributed by atoms with Crippen LogP contribution in [0.3, 0.4) is 0 Å². The zero-order chi connectivity index (χ0) is 19.4. The van der Waals surface area contributed by atoms with E-state index in [0.717, 1.165) is 31.7 Å². The monoisotopic (exact) mass is 371 g/mol. The minimum atomic E-state index is -0.498. The highest BCUT2D eigenvalue weighted by Crippen LogP contribution is 2.30. The molecule has 146 valence electrons. The van der Waals surface area contributed by atoms with Gasteiger partial charge in [-0.15, -0.1) is 10.2 Å². The predicted molar refractivity (Wildman–Crippen MR) is 102 cm³/mol. The molecule has 2 fully saturated rings. The van der Waals surface area contributed by atoms with Gasteiger partial charge in [0, 0.05) is 19.6 Å². The van der Waals surface area contributed by atoms with Crippen LogP contribution in [0.15, 0.2) is 12.1 Å². The molecule has 1 atom stereocenters. The molecule has 7 heteroatoms. The Labute approximate surface area is 161 Å². The predicted octanol–water partition coefficient (Wildman–Crippen LogP) is 3.35. The Morgan fingerprint density at radius 2 is 2.07 bits per heavy atom. The van der Waals surface area contributed by atoms with E-state index in [-0.39, 0.29) is 12.1 Å². The van der Waals surface area contributed by atoms with Crippen LogP contribution in [0.5, 0.6) is 0 Å². The number of nitriles is 1. The number of carbonyl (C=O) groups excluding carboxylic acids is 1. The third-order valence-electron chi connectivity index (χ3n) is 5.23. The van der Waals surface area contributed by atoms with Gasteiger partial charge in [0.2, 0.25) is 0 Å². The Bertz CT molecular complexity index is 688. The van der Waals surface area contributed by atoms with Gasteiger partial charge in [0.05, 0.1) is 6.04 Å². The number of ether oxygens (including phenoxy) is 1. The van der Waals surface area contributed by atoms with Crippen molar-refractivity contribution in [2.45, 2.75) is 64.5 Å². The van der Waals surface area contributed by atoms with E-state index in [1.165, 1.54) is 19.3 Å². The van der Waals surface area contributed by atoms with Crippen LogP contribution in [0.4, 0.5) is 10.6 Å². The quantitative estimate of drug-likeness (QED) is 0.807. The van der Waals surface area contributed by atoms with Gasteiger partial charge in [-0.25, -0.2) is 4.79 Å². The molecule has 0 radical (unpaired) electrons. The summed E-state index contributed by atoms with van der Waals surface area (Å²) < 4.78 is 5.70. The van der Waals surface area contributed by atoms with E-state index >= 15 is 0 Å². The third-order valence-corrected chi connectivity index (χ3v) is 5.23. The molecule has 1 aliphatic carbocycles. The Morgan fingerprint density at radius 1 is 1.30 bits per heavy atom. The Hall–Kier alpha value is -2.36. The zero-order valence-corrected chi connectivity index (χ0v) is 16.5. The van der Waals surface area contributed by atoms with Crippen molar-refractivity contribution in [3.8, 4) is 6.07 Å². The summed E-state index contributed by atoms with van der Waals surface area (Å²) >= 11 is 0. The maximum Gasteiger partial charge on any atom is 0.410 e. The van der Waals surface area contributed by atoms with Crippen LogP contribution in [-0.2, 0) is 4.74 Å². The van der Waals surface area contributed by atoms with Crippen LogP contribution in [-0.4, -0.2) is 52.5 Å². The van der Waals surface area contributed by atoms with Crippen molar-refractivity contribution < 1.29 is 9.53 Å². The van der Waals surface area contributed by atoms with E-state index < -0.39 is 5.60 Å². The van der Waals surface area contributed by atoms with Crippen LogP contribution >= 0.6 is 0 Å². The number of aromatic nitrogens is 2. The second-order valence-corrected chi connectivity index (χ2v) is 8.56. The van der Waals surface area contributed by atoms with Gasteiger partial charge in [-0.05, 0) is 64.5 Å². The fraction of sp³-hybridized carbons (Fsp3) is 0.700. The van der Waals surface area contributed by atoms with Gasteiger partial charge in [0.25, 0.3) is 0 Å².